The van der Waals surface area contributed by atoms with Crippen LogP contribution in [0.2, 0.25) is 0 Å². The highest BCUT2D eigenvalue weighted by Crippen LogP contribution is 2.30. The minimum absolute atomic E-state index is 0.554. The minimum atomic E-state index is -1.05. The third kappa shape index (κ3) is 4.95. The largest absolute Gasteiger partial charge is 0.529 e. The number of ether oxygens (including phenoxy) is 1. The predicted molar refractivity (Wildman–Crippen MR) is 89.6 cm³/mol. The van der Waals surface area contributed by atoms with Gasteiger partial charge in [0.25, 0.3) is 0 Å². The molecule has 0 bridgehead atoms. The summed E-state index contributed by atoms with van der Waals surface area (Å²) in [6, 6.07) is 7.47. The van der Waals surface area contributed by atoms with Gasteiger partial charge in [0.1, 0.15) is 5.75 Å². The van der Waals surface area contributed by atoms with E-state index < -0.39 is 18.3 Å². The van der Waals surface area contributed by atoms with Gasteiger partial charge in [0.05, 0.1) is 24.9 Å². The molecule has 0 unspecified atom stereocenters. The van der Waals surface area contributed by atoms with Crippen LogP contribution in [0.1, 0.15) is 40.5 Å². The molecule has 0 atom stereocenters. The summed E-state index contributed by atoms with van der Waals surface area (Å²) in [5.41, 5.74) is -1.17. The molecule has 0 amide bonds. The molecule has 0 saturated heterocycles. The van der Waals surface area contributed by atoms with Crippen molar-refractivity contribution in [2.24, 2.45) is 5.92 Å². The molecule has 0 radical (unpaired) electrons. The average Bonchev–Trinajstić information content (AvgIpc) is 3.29. The average molecular weight is 322 g/mol. The Kier molecular flexibility index (Phi) is 5.73. The maximum atomic E-state index is 10.3. The first-order valence-electron chi connectivity index (χ1n) is 8.06. The monoisotopic (exact) mass is 322 g/mol. The van der Waals surface area contributed by atoms with Crippen molar-refractivity contribution in [3.63, 3.8) is 0 Å². The zero-order chi connectivity index (χ0) is 17.1. The van der Waals surface area contributed by atoms with E-state index >= 15 is 0 Å². The second kappa shape index (κ2) is 7.22. The lowest BCUT2D eigenvalue weighted by Crippen LogP contribution is -2.54. The van der Waals surface area contributed by atoms with E-state index in [1.807, 2.05) is 38.1 Å². The predicted octanol–water partition coefficient (Wildman–Crippen LogP) is 2.31. The maximum Gasteiger partial charge on any atom is 0.529 e. The van der Waals surface area contributed by atoms with Crippen molar-refractivity contribution in [3.05, 3.63) is 24.3 Å². The van der Waals surface area contributed by atoms with Gasteiger partial charge < -0.3 is 14.5 Å². The van der Waals surface area contributed by atoms with Crippen LogP contribution >= 0.6 is 0 Å². The van der Waals surface area contributed by atoms with Crippen molar-refractivity contribution < 1.29 is 24.2 Å². The third-order valence-corrected chi connectivity index (χ3v) is 4.42. The molecule has 1 aliphatic carbocycles. The van der Waals surface area contributed by atoms with Crippen LogP contribution in [0.3, 0.4) is 0 Å². The molecule has 1 aromatic carbocycles. The van der Waals surface area contributed by atoms with E-state index in [2.05, 4.69) is 0 Å². The smallest absolute Gasteiger partial charge is 0.497 e. The van der Waals surface area contributed by atoms with E-state index in [4.69, 9.17) is 19.1 Å². The Morgan fingerprint density at radius 2 is 1.83 bits per heavy atom. The number of methoxy groups -OCH3 is 1. The van der Waals surface area contributed by atoms with Crippen molar-refractivity contribution in [3.8, 4) is 5.75 Å². The molecular formula is C17H27BO5. The third-order valence-electron chi connectivity index (χ3n) is 4.42. The highest BCUT2D eigenvalue weighted by atomic mass is 17.2. The SMILES string of the molecule is COc1ccccc1B(OOCC1CC1)OC(C)(C)C(C)(C)O. The fourth-order valence-corrected chi connectivity index (χ4v) is 1.89. The lowest BCUT2D eigenvalue weighted by atomic mass is 9.76. The molecule has 1 aliphatic rings. The van der Waals surface area contributed by atoms with Crippen LogP contribution in [-0.2, 0) is 14.3 Å². The highest BCUT2D eigenvalue weighted by Gasteiger charge is 2.42. The van der Waals surface area contributed by atoms with Gasteiger partial charge >= 0.3 is 7.12 Å². The van der Waals surface area contributed by atoms with Gasteiger partial charge in [0.15, 0.2) is 0 Å². The first-order chi connectivity index (χ1) is 10.7. The van der Waals surface area contributed by atoms with E-state index in [0.29, 0.717) is 18.3 Å². The Morgan fingerprint density at radius 3 is 2.39 bits per heavy atom. The van der Waals surface area contributed by atoms with Gasteiger partial charge in [-0.15, -0.1) is 0 Å². The summed E-state index contributed by atoms with van der Waals surface area (Å²) in [5, 5.41) is 10.3. The van der Waals surface area contributed by atoms with Crippen LogP contribution in [0.5, 0.6) is 5.75 Å². The Labute approximate surface area is 139 Å². The summed E-state index contributed by atoms with van der Waals surface area (Å²) < 4.78 is 11.4. The Hall–Kier alpha value is -1.08. The van der Waals surface area contributed by atoms with Crippen molar-refractivity contribution in [2.45, 2.75) is 51.7 Å². The lowest BCUT2D eigenvalue weighted by Gasteiger charge is -2.39. The number of hydrogen-bond donors (Lipinski definition) is 1. The van der Waals surface area contributed by atoms with Crippen molar-refractivity contribution in [1.29, 1.82) is 0 Å². The van der Waals surface area contributed by atoms with Crippen LogP contribution in [0.15, 0.2) is 24.3 Å². The summed E-state index contributed by atoms with van der Waals surface area (Å²) in [5.74, 6) is 1.23. The molecule has 1 fully saturated rings. The second-order valence-electron chi connectivity index (χ2n) is 7.09. The molecule has 5 nitrogen and oxygen atoms in total. The summed E-state index contributed by atoms with van der Waals surface area (Å²) in [4.78, 5) is 10.9. The van der Waals surface area contributed by atoms with E-state index in [-0.39, 0.29) is 0 Å². The van der Waals surface area contributed by atoms with Gasteiger partial charge in [-0.3, -0.25) is 4.81 Å². The zero-order valence-electron chi connectivity index (χ0n) is 14.7. The summed E-state index contributed by atoms with van der Waals surface area (Å²) in [6.07, 6.45) is 2.36. The van der Waals surface area contributed by atoms with Crippen LogP contribution in [0.4, 0.5) is 0 Å². The normalized spacial score (nSPS) is 15.6. The van der Waals surface area contributed by atoms with E-state index in [1.165, 1.54) is 12.8 Å². The lowest BCUT2D eigenvalue weighted by molar-refractivity contribution is -0.236. The quantitative estimate of drug-likeness (QED) is 0.429. The van der Waals surface area contributed by atoms with Crippen LogP contribution in [0.25, 0.3) is 0 Å². The van der Waals surface area contributed by atoms with Gasteiger partial charge in [-0.25, -0.2) is 4.89 Å². The first kappa shape index (κ1) is 18.3. The number of aliphatic hydroxyl groups is 1. The molecule has 0 spiro atoms. The number of benzene rings is 1. The highest BCUT2D eigenvalue weighted by molar-refractivity contribution is 6.62. The molecular weight excluding hydrogens is 295 g/mol. The maximum absolute atomic E-state index is 10.3. The topological polar surface area (TPSA) is 57.2 Å². The molecule has 6 heteroatoms. The van der Waals surface area contributed by atoms with Crippen molar-refractivity contribution >= 4 is 12.6 Å². The standard InChI is InChI=1S/C17H27BO5/c1-16(2,19)17(3,4)22-18(23-21-12-13-10-11-13)14-8-6-7-9-15(14)20-5/h6-9,13,19H,10-12H2,1-5H3. The van der Waals surface area contributed by atoms with Gasteiger partial charge in [-0.1, -0.05) is 18.2 Å². The molecule has 128 valence electrons. The molecule has 23 heavy (non-hydrogen) atoms. The molecule has 0 aromatic heterocycles. The van der Waals surface area contributed by atoms with Crippen LogP contribution in [-0.4, -0.2) is 37.1 Å². The first-order valence-corrected chi connectivity index (χ1v) is 8.06. The van der Waals surface area contributed by atoms with E-state index in [0.717, 1.165) is 5.46 Å². The van der Waals surface area contributed by atoms with Gasteiger partial charge in [-0.2, -0.15) is 0 Å². The van der Waals surface area contributed by atoms with Crippen molar-refractivity contribution in [1.82, 2.24) is 0 Å². The zero-order valence-corrected chi connectivity index (χ0v) is 14.7. The Morgan fingerprint density at radius 1 is 1.17 bits per heavy atom. The van der Waals surface area contributed by atoms with E-state index in [9.17, 15) is 5.11 Å². The van der Waals surface area contributed by atoms with Gasteiger partial charge in [0, 0.05) is 5.46 Å². The summed E-state index contributed by atoms with van der Waals surface area (Å²) in [6.45, 7) is 7.60. The number of hydrogen-bond acceptors (Lipinski definition) is 5. The summed E-state index contributed by atoms with van der Waals surface area (Å²) >= 11 is 0. The Balaban J connectivity index is 2.16. The number of rotatable bonds is 9. The summed E-state index contributed by atoms with van der Waals surface area (Å²) in [7, 11) is 0.813. The minimum Gasteiger partial charge on any atom is -0.497 e. The van der Waals surface area contributed by atoms with Gasteiger partial charge in [-0.05, 0) is 52.5 Å². The fraction of sp³-hybridized carbons (Fsp3) is 0.647. The molecule has 1 saturated carbocycles. The molecule has 2 rings (SSSR count). The molecule has 1 N–H and O–H groups in total. The molecule has 1 aromatic rings. The molecule has 0 aliphatic heterocycles. The fourth-order valence-electron chi connectivity index (χ4n) is 1.89. The molecule has 0 heterocycles. The van der Waals surface area contributed by atoms with Crippen LogP contribution in [0, 0.1) is 5.92 Å². The van der Waals surface area contributed by atoms with Gasteiger partial charge in [0.2, 0.25) is 0 Å². The van der Waals surface area contributed by atoms with Crippen molar-refractivity contribution in [2.75, 3.05) is 13.7 Å². The van der Waals surface area contributed by atoms with E-state index in [1.54, 1.807) is 21.0 Å². The van der Waals surface area contributed by atoms with Crippen LogP contribution < -0.4 is 10.2 Å². The Bertz CT molecular complexity index is 508. The number of para-hydroxylation sites is 1. The second-order valence-corrected chi connectivity index (χ2v) is 7.09.